The number of hydrogen-bond acceptors (Lipinski definition) is 4. The Morgan fingerprint density at radius 1 is 1.24 bits per heavy atom. The number of hydrogen-bond donors (Lipinski definition) is 1. The molecule has 5 nitrogen and oxygen atoms in total. The summed E-state index contributed by atoms with van der Waals surface area (Å²) in [4.78, 5) is 15.9. The standard InChI is InChI=1S/C16H19NO4/c18-15(19)16(6-2-1-3-7-16)10-17-9-12-4-5-13-14(8-12)21-11-20-13/h4-5,8-9H,1-3,6-7,10-11H2,(H,18,19). The Kier molecular flexibility index (Phi) is 3.82. The maximum absolute atomic E-state index is 11.6. The van der Waals surface area contributed by atoms with Gasteiger partial charge in [0.1, 0.15) is 0 Å². The minimum absolute atomic E-state index is 0.248. The molecule has 1 aromatic rings. The minimum Gasteiger partial charge on any atom is -0.481 e. The molecule has 0 bridgehead atoms. The van der Waals surface area contributed by atoms with Crippen LogP contribution in [0.3, 0.4) is 0 Å². The minimum atomic E-state index is -0.718. The van der Waals surface area contributed by atoms with Crippen molar-refractivity contribution >= 4 is 12.2 Å². The molecule has 112 valence electrons. The molecule has 1 aliphatic carbocycles. The van der Waals surface area contributed by atoms with Crippen molar-refractivity contribution in [3.8, 4) is 11.5 Å². The van der Waals surface area contributed by atoms with Gasteiger partial charge in [0, 0.05) is 6.21 Å². The van der Waals surface area contributed by atoms with E-state index >= 15 is 0 Å². The van der Waals surface area contributed by atoms with Gasteiger partial charge in [0.2, 0.25) is 6.79 Å². The van der Waals surface area contributed by atoms with Gasteiger partial charge in [0.05, 0.1) is 12.0 Å². The second-order valence-electron chi connectivity index (χ2n) is 5.73. The Labute approximate surface area is 123 Å². The number of carbonyl (C=O) groups is 1. The van der Waals surface area contributed by atoms with E-state index in [0.717, 1.165) is 43.4 Å². The third kappa shape index (κ3) is 2.86. The summed E-state index contributed by atoms with van der Waals surface area (Å²) < 4.78 is 10.6. The molecule has 0 unspecified atom stereocenters. The first-order valence-electron chi connectivity index (χ1n) is 7.33. The van der Waals surface area contributed by atoms with Crippen LogP contribution in [0.2, 0.25) is 0 Å². The lowest BCUT2D eigenvalue weighted by Gasteiger charge is -2.31. The quantitative estimate of drug-likeness (QED) is 0.865. The van der Waals surface area contributed by atoms with Gasteiger partial charge in [0.15, 0.2) is 11.5 Å². The van der Waals surface area contributed by atoms with Gasteiger partial charge in [-0.1, -0.05) is 19.3 Å². The van der Waals surface area contributed by atoms with E-state index in [4.69, 9.17) is 9.47 Å². The van der Waals surface area contributed by atoms with E-state index in [0.29, 0.717) is 12.3 Å². The predicted octanol–water partition coefficient (Wildman–Crippen LogP) is 2.87. The van der Waals surface area contributed by atoms with Crippen LogP contribution in [-0.4, -0.2) is 30.6 Å². The van der Waals surface area contributed by atoms with E-state index in [1.54, 1.807) is 6.21 Å². The van der Waals surface area contributed by atoms with Gasteiger partial charge < -0.3 is 14.6 Å². The first-order chi connectivity index (χ1) is 10.2. The Hall–Kier alpha value is -2.04. The van der Waals surface area contributed by atoms with Crippen LogP contribution in [0.5, 0.6) is 11.5 Å². The lowest BCUT2D eigenvalue weighted by Crippen LogP contribution is -2.36. The molecule has 1 saturated carbocycles. The number of aliphatic imine (C=N–C) groups is 1. The molecule has 0 spiro atoms. The number of ether oxygens (including phenoxy) is 2. The SMILES string of the molecule is O=C(O)C1(CN=Cc2ccc3c(c2)OCO3)CCCCC1. The van der Waals surface area contributed by atoms with E-state index in [1.807, 2.05) is 18.2 Å². The molecular weight excluding hydrogens is 270 g/mol. The summed E-state index contributed by atoms with van der Waals surface area (Å²) in [7, 11) is 0. The van der Waals surface area contributed by atoms with Gasteiger partial charge in [-0.2, -0.15) is 0 Å². The average molecular weight is 289 g/mol. The van der Waals surface area contributed by atoms with Crippen LogP contribution in [0.15, 0.2) is 23.2 Å². The van der Waals surface area contributed by atoms with E-state index in [-0.39, 0.29) is 6.79 Å². The topological polar surface area (TPSA) is 68.1 Å². The smallest absolute Gasteiger partial charge is 0.311 e. The maximum atomic E-state index is 11.6. The Morgan fingerprint density at radius 2 is 2.00 bits per heavy atom. The van der Waals surface area contributed by atoms with Crippen molar-refractivity contribution in [2.24, 2.45) is 10.4 Å². The van der Waals surface area contributed by atoms with Crippen molar-refractivity contribution in [3.05, 3.63) is 23.8 Å². The van der Waals surface area contributed by atoms with Crippen molar-refractivity contribution in [1.29, 1.82) is 0 Å². The molecule has 1 aromatic carbocycles. The molecule has 0 atom stereocenters. The largest absolute Gasteiger partial charge is 0.481 e. The molecule has 5 heteroatoms. The van der Waals surface area contributed by atoms with E-state index in [2.05, 4.69) is 4.99 Å². The highest BCUT2D eigenvalue weighted by Gasteiger charge is 2.39. The summed E-state index contributed by atoms with van der Waals surface area (Å²) >= 11 is 0. The van der Waals surface area contributed by atoms with Gasteiger partial charge in [-0.15, -0.1) is 0 Å². The zero-order valence-electron chi connectivity index (χ0n) is 11.9. The van der Waals surface area contributed by atoms with Crippen LogP contribution < -0.4 is 9.47 Å². The second-order valence-corrected chi connectivity index (χ2v) is 5.73. The Bertz CT molecular complexity index is 561. The summed E-state index contributed by atoms with van der Waals surface area (Å²) in [6, 6.07) is 5.60. The summed E-state index contributed by atoms with van der Waals surface area (Å²) in [5.74, 6) is 0.732. The van der Waals surface area contributed by atoms with Crippen LogP contribution in [-0.2, 0) is 4.79 Å². The van der Waals surface area contributed by atoms with E-state index < -0.39 is 11.4 Å². The average Bonchev–Trinajstić information content (AvgIpc) is 2.95. The number of carboxylic acids is 1. The van der Waals surface area contributed by atoms with Gasteiger partial charge in [-0.25, -0.2) is 0 Å². The van der Waals surface area contributed by atoms with Crippen molar-refractivity contribution in [1.82, 2.24) is 0 Å². The lowest BCUT2D eigenvalue weighted by atomic mass is 9.74. The molecule has 2 aliphatic rings. The van der Waals surface area contributed by atoms with E-state index in [9.17, 15) is 9.90 Å². The number of rotatable bonds is 4. The highest BCUT2D eigenvalue weighted by molar-refractivity contribution is 5.82. The molecule has 1 aliphatic heterocycles. The third-order valence-electron chi connectivity index (χ3n) is 4.30. The molecule has 0 aromatic heterocycles. The maximum Gasteiger partial charge on any atom is 0.311 e. The molecule has 1 heterocycles. The number of benzene rings is 1. The fraction of sp³-hybridized carbons (Fsp3) is 0.500. The molecule has 1 fully saturated rings. The van der Waals surface area contributed by atoms with Crippen LogP contribution in [0.1, 0.15) is 37.7 Å². The van der Waals surface area contributed by atoms with Crippen LogP contribution >= 0.6 is 0 Å². The van der Waals surface area contributed by atoms with Crippen molar-refractivity contribution in [2.75, 3.05) is 13.3 Å². The first kappa shape index (κ1) is 13.9. The number of nitrogens with zero attached hydrogens (tertiary/aromatic N) is 1. The zero-order chi connectivity index (χ0) is 14.7. The molecule has 0 radical (unpaired) electrons. The van der Waals surface area contributed by atoms with Crippen LogP contribution in [0, 0.1) is 5.41 Å². The van der Waals surface area contributed by atoms with Crippen molar-refractivity contribution < 1.29 is 19.4 Å². The third-order valence-corrected chi connectivity index (χ3v) is 4.30. The molecule has 0 amide bonds. The summed E-state index contributed by atoms with van der Waals surface area (Å²) in [6.07, 6.45) is 6.25. The summed E-state index contributed by atoms with van der Waals surface area (Å²) in [6.45, 7) is 0.592. The number of fused-ring (bicyclic) bond motifs is 1. The Balaban J connectivity index is 1.69. The zero-order valence-corrected chi connectivity index (χ0v) is 11.9. The number of carboxylic acid groups (broad SMARTS) is 1. The summed E-state index contributed by atoms with van der Waals surface area (Å²) in [5, 5.41) is 9.50. The molecule has 21 heavy (non-hydrogen) atoms. The monoisotopic (exact) mass is 289 g/mol. The van der Waals surface area contributed by atoms with E-state index in [1.165, 1.54) is 0 Å². The predicted molar refractivity (Wildman–Crippen MR) is 78.2 cm³/mol. The molecule has 3 rings (SSSR count). The van der Waals surface area contributed by atoms with Crippen LogP contribution in [0.25, 0.3) is 0 Å². The highest BCUT2D eigenvalue weighted by Crippen LogP contribution is 2.37. The summed E-state index contributed by atoms with van der Waals surface area (Å²) in [5.41, 5.74) is 0.223. The first-order valence-corrected chi connectivity index (χ1v) is 7.33. The van der Waals surface area contributed by atoms with Crippen molar-refractivity contribution in [2.45, 2.75) is 32.1 Å². The number of aliphatic carboxylic acids is 1. The second kappa shape index (κ2) is 5.76. The molecule has 0 saturated heterocycles. The van der Waals surface area contributed by atoms with Gasteiger partial charge in [0.25, 0.3) is 0 Å². The lowest BCUT2D eigenvalue weighted by molar-refractivity contribution is -0.150. The normalized spacial score (nSPS) is 19.8. The fourth-order valence-electron chi connectivity index (χ4n) is 2.99. The molecular formula is C16H19NO4. The fourth-order valence-corrected chi connectivity index (χ4v) is 2.99. The van der Waals surface area contributed by atoms with Crippen molar-refractivity contribution in [3.63, 3.8) is 0 Å². The Morgan fingerprint density at radius 3 is 2.76 bits per heavy atom. The van der Waals surface area contributed by atoms with Gasteiger partial charge >= 0.3 is 5.97 Å². The highest BCUT2D eigenvalue weighted by atomic mass is 16.7. The van der Waals surface area contributed by atoms with Gasteiger partial charge in [-0.3, -0.25) is 9.79 Å². The molecule has 1 N–H and O–H groups in total. The van der Waals surface area contributed by atoms with Gasteiger partial charge in [-0.05, 0) is 36.6 Å². The van der Waals surface area contributed by atoms with Crippen LogP contribution in [0.4, 0.5) is 0 Å².